The van der Waals surface area contributed by atoms with Crippen LogP contribution in [0.2, 0.25) is 0 Å². The molecule has 9 heavy (non-hydrogen) atoms. The Balaban J connectivity index is 3.54. The van der Waals surface area contributed by atoms with Gasteiger partial charge in [-0.05, 0) is 18.8 Å². The van der Waals surface area contributed by atoms with Crippen molar-refractivity contribution in [2.24, 2.45) is 5.92 Å². The molecular weight excluding hydrogens is 184 g/mol. The summed E-state index contributed by atoms with van der Waals surface area (Å²) in [7, 11) is 0. The highest BCUT2D eigenvalue weighted by Crippen LogP contribution is 2.07. The Bertz CT molecular complexity index is 93.1. The fraction of sp³-hybridized carbons (Fsp3) is 0.833. The van der Waals surface area contributed by atoms with E-state index in [4.69, 9.17) is 0 Å². The fourth-order valence-electron chi connectivity index (χ4n) is 0.620. The second-order valence-electron chi connectivity index (χ2n) is 1.90. The standard InChI is InChI=1S/C6H11BrO2/c1-2-5(3-4-7)6(8)9/h5H,2-4H2,1H3,(H,8,9)/p-1. The lowest BCUT2D eigenvalue weighted by Gasteiger charge is -2.12. The van der Waals surface area contributed by atoms with E-state index in [1.807, 2.05) is 6.92 Å². The van der Waals surface area contributed by atoms with Crippen LogP contribution >= 0.6 is 15.9 Å². The number of halogens is 1. The number of carbonyl (C=O) groups excluding carboxylic acids is 1. The SMILES string of the molecule is CCC(CCBr)C(=O)[O-]. The molecule has 0 aliphatic carbocycles. The lowest BCUT2D eigenvalue weighted by molar-refractivity contribution is -0.311. The van der Waals surface area contributed by atoms with Crippen LogP contribution in [0.1, 0.15) is 19.8 Å². The van der Waals surface area contributed by atoms with Crippen LogP contribution in [-0.4, -0.2) is 11.3 Å². The number of hydrogen-bond donors (Lipinski definition) is 0. The van der Waals surface area contributed by atoms with E-state index in [0.717, 1.165) is 5.33 Å². The van der Waals surface area contributed by atoms with Crippen LogP contribution in [0.3, 0.4) is 0 Å². The first kappa shape index (κ1) is 8.95. The van der Waals surface area contributed by atoms with Crippen molar-refractivity contribution in [3.63, 3.8) is 0 Å². The number of carboxylic acids is 1. The third-order valence-corrected chi connectivity index (χ3v) is 1.74. The number of rotatable bonds is 4. The van der Waals surface area contributed by atoms with E-state index in [0.29, 0.717) is 12.8 Å². The molecule has 0 rings (SSSR count). The van der Waals surface area contributed by atoms with Crippen LogP contribution in [0, 0.1) is 5.92 Å². The zero-order chi connectivity index (χ0) is 7.28. The van der Waals surface area contributed by atoms with Crippen molar-refractivity contribution in [2.75, 3.05) is 5.33 Å². The van der Waals surface area contributed by atoms with E-state index in [-0.39, 0.29) is 5.92 Å². The fourth-order valence-corrected chi connectivity index (χ4v) is 1.17. The molecule has 0 aromatic rings. The largest absolute Gasteiger partial charge is 0.550 e. The smallest absolute Gasteiger partial charge is 0.0445 e. The first-order chi connectivity index (χ1) is 4.22. The molecule has 0 heterocycles. The summed E-state index contributed by atoms with van der Waals surface area (Å²) in [5.41, 5.74) is 0. The molecule has 0 spiro atoms. The maximum absolute atomic E-state index is 10.2. The van der Waals surface area contributed by atoms with Crippen molar-refractivity contribution < 1.29 is 9.90 Å². The molecule has 0 saturated heterocycles. The van der Waals surface area contributed by atoms with Gasteiger partial charge in [0.2, 0.25) is 0 Å². The van der Waals surface area contributed by atoms with Crippen LogP contribution in [0.15, 0.2) is 0 Å². The summed E-state index contributed by atoms with van der Waals surface area (Å²) in [5.74, 6) is -1.21. The van der Waals surface area contributed by atoms with Gasteiger partial charge in [0.25, 0.3) is 0 Å². The average Bonchev–Trinajstić information content (AvgIpc) is 1.82. The summed E-state index contributed by atoms with van der Waals surface area (Å²) >= 11 is 3.17. The van der Waals surface area contributed by atoms with Gasteiger partial charge < -0.3 is 9.90 Å². The van der Waals surface area contributed by atoms with E-state index >= 15 is 0 Å². The minimum atomic E-state index is -0.933. The Morgan fingerprint density at radius 1 is 1.78 bits per heavy atom. The summed E-state index contributed by atoms with van der Waals surface area (Å²) in [6.45, 7) is 1.85. The van der Waals surface area contributed by atoms with Crippen LogP contribution in [0.5, 0.6) is 0 Å². The molecule has 0 fully saturated rings. The molecule has 2 nitrogen and oxygen atoms in total. The van der Waals surface area contributed by atoms with Crippen LogP contribution in [0.25, 0.3) is 0 Å². The molecule has 3 heteroatoms. The zero-order valence-corrected chi connectivity index (χ0v) is 6.98. The van der Waals surface area contributed by atoms with Crippen LogP contribution in [0.4, 0.5) is 0 Å². The van der Waals surface area contributed by atoms with Crippen molar-refractivity contribution in [3.05, 3.63) is 0 Å². The number of carboxylic acid groups (broad SMARTS) is 1. The molecule has 0 radical (unpaired) electrons. The second kappa shape index (κ2) is 4.79. The third kappa shape index (κ3) is 3.51. The van der Waals surface area contributed by atoms with E-state index in [1.165, 1.54) is 0 Å². The maximum atomic E-state index is 10.2. The topological polar surface area (TPSA) is 40.1 Å². The molecule has 54 valence electrons. The van der Waals surface area contributed by atoms with Crippen LogP contribution in [-0.2, 0) is 4.79 Å². The Labute approximate surface area is 63.4 Å². The highest BCUT2D eigenvalue weighted by atomic mass is 79.9. The molecular formula is C6H10BrO2-. The lowest BCUT2D eigenvalue weighted by Crippen LogP contribution is -2.31. The van der Waals surface area contributed by atoms with Crippen LogP contribution < -0.4 is 5.11 Å². The van der Waals surface area contributed by atoms with Gasteiger partial charge in [-0.3, -0.25) is 0 Å². The molecule has 1 unspecified atom stereocenters. The van der Waals surface area contributed by atoms with E-state index < -0.39 is 5.97 Å². The Kier molecular flexibility index (Phi) is 4.77. The summed E-state index contributed by atoms with van der Waals surface area (Å²) in [6.07, 6.45) is 1.33. The Morgan fingerprint density at radius 2 is 2.33 bits per heavy atom. The zero-order valence-electron chi connectivity index (χ0n) is 5.39. The summed E-state index contributed by atoms with van der Waals surface area (Å²) in [4.78, 5) is 10.2. The Morgan fingerprint density at radius 3 is 2.44 bits per heavy atom. The van der Waals surface area contributed by atoms with Gasteiger partial charge in [0, 0.05) is 11.3 Å². The molecule has 0 N–H and O–H groups in total. The van der Waals surface area contributed by atoms with Gasteiger partial charge in [-0.2, -0.15) is 0 Å². The molecule has 0 aromatic carbocycles. The molecule has 0 aliphatic heterocycles. The quantitative estimate of drug-likeness (QED) is 0.613. The van der Waals surface area contributed by atoms with Gasteiger partial charge in [-0.1, -0.05) is 22.9 Å². The molecule has 0 aliphatic rings. The molecule has 0 saturated carbocycles. The second-order valence-corrected chi connectivity index (χ2v) is 2.69. The monoisotopic (exact) mass is 193 g/mol. The van der Waals surface area contributed by atoms with Crippen molar-refractivity contribution in [1.29, 1.82) is 0 Å². The number of carbonyl (C=O) groups is 1. The van der Waals surface area contributed by atoms with Gasteiger partial charge in [0.1, 0.15) is 0 Å². The maximum Gasteiger partial charge on any atom is 0.0445 e. The van der Waals surface area contributed by atoms with Gasteiger partial charge in [-0.25, -0.2) is 0 Å². The third-order valence-electron chi connectivity index (χ3n) is 1.28. The van der Waals surface area contributed by atoms with E-state index in [2.05, 4.69) is 15.9 Å². The average molecular weight is 194 g/mol. The van der Waals surface area contributed by atoms with Gasteiger partial charge in [0.05, 0.1) is 0 Å². The minimum Gasteiger partial charge on any atom is -0.550 e. The molecule has 0 amide bonds. The highest BCUT2D eigenvalue weighted by Gasteiger charge is 2.04. The first-order valence-electron chi connectivity index (χ1n) is 2.99. The lowest BCUT2D eigenvalue weighted by atomic mass is 10.0. The molecule has 1 atom stereocenters. The summed E-state index contributed by atoms with van der Waals surface area (Å²) in [5, 5.41) is 10.9. The number of alkyl halides is 1. The van der Waals surface area contributed by atoms with Crippen molar-refractivity contribution in [3.8, 4) is 0 Å². The summed E-state index contributed by atoms with van der Waals surface area (Å²) < 4.78 is 0. The molecule has 0 bridgehead atoms. The van der Waals surface area contributed by atoms with Crippen molar-refractivity contribution in [2.45, 2.75) is 19.8 Å². The Hall–Kier alpha value is -0.0500. The predicted octanol–water partition coefficient (Wildman–Crippen LogP) is 0.547. The van der Waals surface area contributed by atoms with Gasteiger partial charge in [0.15, 0.2) is 0 Å². The normalized spacial score (nSPS) is 13.1. The van der Waals surface area contributed by atoms with Gasteiger partial charge in [-0.15, -0.1) is 0 Å². The predicted molar refractivity (Wildman–Crippen MR) is 37.2 cm³/mol. The number of hydrogen-bond acceptors (Lipinski definition) is 2. The number of aliphatic carboxylic acids is 1. The van der Waals surface area contributed by atoms with Crippen molar-refractivity contribution >= 4 is 21.9 Å². The summed E-state index contributed by atoms with van der Waals surface area (Å²) in [6, 6.07) is 0. The minimum absolute atomic E-state index is 0.274. The van der Waals surface area contributed by atoms with Gasteiger partial charge >= 0.3 is 0 Å². The highest BCUT2D eigenvalue weighted by molar-refractivity contribution is 9.09. The molecule has 0 aromatic heterocycles. The van der Waals surface area contributed by atoms with Crippen molar-refractivity contribution in [1.82, 2.24) is 0 Å². The van der Waals surface area contributed by atoms with E-state index in [9.17, 15) is 9.90 Å². The van der Waals surface area contributed by atoms with E-state index in [1.54, 1.807) is 0 Å². The first-order valence-corrected chi connectivity index (χ1v) is 4.11.